The summed E-state index contributed by atoms with van der Waals surface area (Å²) < 4.78 is 0.905. The van der Waals surface area contributed by atoms with Crippen LogP contribution in [0.1, 0.15) is 42.2 Å². The molecular weight excluding hydrogens is 254 g/mol. The third-order valence-corrected chi connectivity index (χ3v) is 5.43. The summed E-state index contributed by atoms with van der Waals surface area (Å²) in [7, 11) is 0. The molecule has 0 aliphatic heterocycles. The normalized spacial score (nSPS) is 32.0. The van der Waals surface area contributed by atoms with E-state index in [2.05, 4.69) is 11.4 Å². The fourth-order valence-corrected chi connectivity index (χ4v) is 4.45. The molecule has 0 radical (unpaired) electrons. The molecule has 94 valence electrons. The minimum atomic E-state index is -0.0885. The highest BCUT2D eigenvalue weighted by atomic mass is 35.5. The number of hydrogen-bond acceptors (Lipinski definition) is 3. The second kappa shape index (κ2) is 4.88. The lowest BCUT2D eigenvalue weighted by atomic mass is 10.0. The van der Waals surface area contributed by atoms with Crippen LogP contribution in [0.5, 0.6) is 0 Å². The Morgan fingerprint density at radius 2 is 2.29 bits per heavy atom. The maximum atomic E-state index is 9.80. The van der Waals surface area contributed by atoms with E-state index in [9.17, 15) is 5.11 Å². The van der Waals surface area contributed by atoms with Crippen molar-refractivity contribution in [1.82, 2.24) is 5.32 Å². The molecule has 3 rings (SSSR count). The topological polar surface area (TPSA) is 32.3 Å². The molecule has 0 spiro atoms. The summed E-state index contributed by atoms with van der Waals surface area (Å²) >= 11 is 7.76. The molecule has 1 fully saturated rings. The maximum absolute atomic E-state index is 9.80. The van der Waals surface area contributed by atoms with Crippen LogP contribution in [0.3, 0.4) is 0 Å². The number of aliphatic hydroxyl groups is 1. The molecule has 1 saturated carbocycles. The summed E-state index contributed by atoms with van der Waals surface area (Å²) in [6.07, 6.45) is 5.56. The predicted molar refractivity (Wildman–Crippen MR) is 71.7 cm³/mol. The number of thiophene rings is 1. The molecule has 3 unspecified atom stereocenters. The van der Waals surface area contributed by atoms with Gasteiger partial charge < -0.3 is 10.4 Å². The second-order valence-corrected chi connectivity index (χ2v) is 6.95. The first-order valence-corrected chi connectivity index (χ1v) is 7.63. The maximum Gasteiger partial charge on any atom is 0.0934 e. The molecule has 1 aromatic rings. The molecule has 2 aliphatic rings. The highest BCUT2D eigenvalue weighted by Gasteiger charge is 2.28. The quantitative estimate of drug-likeness (QED) is 0.885. The van der Waals surface area contributed by atoms with Crippen molar-refractivity contribution in [3.05, 3.63) is 20.8 Å². The summed E-state index contributed by atoms with van der Waals surface area (Å²) in [4.78, 5) is 1.44. The SMILES string of the molecule is OC1CCCC1CNC1CCc2sc(Cl)cc21. The van der Waals surface area contributed by atoms with Crippen molar-refractivity contribution in [3.63, 3.8) is 0 Å². The second-order valence-electron chi connectivity index (χ2n) is 5.19. The summed E-state index contributed by atoms with van der Waals surface area (Å²) in [6, 6.07) is 2.57. The summed E-state index contributed by atoms with van der Waals surface area (Å²) in [5.74, 6) is 0.452. The van der Waals surface area contributed by atoms with E-state index in [0.717, 1.165) is 30.1 Å². The zero-order valence-corrected chi connectivity index (χ0v) is 11.4. The van der Waals surface area contributed by atoms with Crippen LogP contribution < -0.4 is 5.32 Å². The fourth-order valence-electron chi connectivity index (χ4n) is 3.09. The van der Waals surface area contributed by atoms with Gasteiger partial charge in [0.2, 0.25) is 0 Å². The highest BCUT2D eigenvalue weighted by molar-refractivity contribution is 7.16. The van der Waals surface area contributed by atoms with E-state index in [4.69, 9.17) is 11.6 Å². The van der Waals surface area contributed by atoms with Crippen molar-refractivity contribution >= 4 is 22.9 Å². The number of nitrogens with one attached hydrogen (secondary N) is 1. The van der Waals surface area contributed by atoms with E-state index in [1.165, 1.54) is 23.3 Å². The van der Waals surface area contributed by atoms with Crippen molar-refractivity contribution in [2.24, 2.45) is 5.92 Å². The molecule has 1 aromatic heterocycles. The minimum Gasteiger partial charge on any atom is -0.393 e. The molecule has 3 atom stereocenters. The molecule has 2 aliphatic carbocycles. The average Bonchev–Trinajstić information content (AvgIpc) is 2.93. The Hall–Kier alpha value is -0.0900. The van der Waals surface area contributed by atoms with Gasteiger partial charge in [-0.3, -0.25) is 0 Å². The molecule has 1 heterocycles. The van der Waals surface area contributed by atoms with Gasteiger partial charge in [-0.1, -0.05) is 18.0 Å². The van der Waals surface area contributed by atoms with Gasteiger partial charge in [-0.05, 0) is 43.2 Å². The Morgan fingerprint density at radius 1 is 1.41 bits per heavy atom. The van der Waals surface area contributed by atoms with Crippen molar-refractivity contribution in [2.45, 2.75) is 44.2 Å². The first kappa shape index (κ1) is 12.0. The van der Waals surface area contributed by atoms with Gasteiger partial charge in [0, 0.05) is 17.5 Å². The van der Waals surface area contributed by atoms with Crippen LogP contribution in [0.2, 0.25) is 4.34 Å². The van der Waals surface area contributed by atoms with Gasteiger partial charge in [0.25, 0.3) is 0 Å². The van der Waals surface area contributed by atoms with Crippen molar-refractivity contribution in [1.29, 1.82) is 0 Å². The summed E-state index contributed by atoms with van der Waals surface area (Å²) in [5, 5.41) is 13.4. The van der Waals surface area contributed by atoms with Crippen molar-refractivity contribution < 1.29 is 5.11 Å². The van der Waals surface area contributed by atoms with E-state index >= 15 is 0 Å². The standard InChI is InChI=1S/C13H18ClNOS/c14-13-6-9-10(4-5-12(9)17-13)15-7-8-2-1-3-11(8)16/h6,8,10-11,15-16H,1-5,7H2. The van der Waals surface area contributed by atoms with Crippen LogP contribution in [0.25, 0.3) is 0 Å². The lowest BCUT2D eigenvalue weighted by molar-refractivity contribution is 0.130. The van der Waals surface area contributed by atoms with Gasteiger partial charge in [-0.25, -0.2) is 0 Å². The summed E-state index contributed by atoms with van der Waals surface area (Å²) in [6.45, 7) is 0.943. The smallest absolute Gasteiger partial charge is 0.0934 e. The van der Waals surface area contributed by atoms with Gasteiger partial charge in [0.05, 0.1) is 10.4 Å². The zero-order valence-electron chi connectivity index (χ0n) is 9.79. The molecule has 0 aromatic carbocycles. The number of aliphatic hydroxyl groups excluding tert-OH is 1. The van der Waals surface area contributed by atoms with Gasteiger partial charge >= 0.3 is 0 Å². The predicted octanol–water partition coefficient (Wildman–Crippen LogP) is 3.14. The van der Waals surface area contributed by atoms with E-state index in [-0.39, 0.29) is 6.10 Å². The number of aryl methyl sites for hydroxylation is 1. The molecule has 0 amide bonds. The Balaban J connectivity index is 1.59. The van der Waals surface area contributed by atoms with E-state index < -0.39 is 0 Å². The molecule has 17 heavy (non-hydrogen) atoms. The van der Waals surface area contributed by atoms with E-state index in [0.29, 0.717) is 12.0 Å². The number of fused-ring (bicyclic) bond motifs is 1. The van der Waals surface area contributed by atoms with Crippen LogP contribution in [-0.2, 0) is 6.42 Å². The monoisotopic (exact) mass is 271 g/mol. The fraction of sp³-hybridized carbons (Fsp3) is 0.692. The first-order chi connectivity index (χ1) is 8.24. The Kier molecular flexibility index (Phi) is 3.44. The van der Waals surface area contributed by atoms with Crippen molar-refractivity contribution in [2.75, 3.05) is 6.54 Å². The van der Waals surface area contributed by atoms with Gasteiger partial charge in [-0.2, -0.15) is 0 Å². The molecular formula is C13H18ClNOS. The number of halogens is 1. The van der Waals surface area contributed by atoms with Gasteiger partial charge in [-0.15, -0.1) is 11.3 Å². The summed E-state index contributed by atoms with van der Waals surface area (Å²) in [5.41, 5.74) is 1.40. The van der Waals surface area contributed by atoms with Gasteiger partial charge in [0.15, 0.2) is 0 Å². The molecule has 4 heteroatoms. The Labute approximate surface area is 111 Å². The molecule has 0 saturated heterocycles. The van der Waals surface area contributed by atoms with Crippen LogP contribution >= 0.6 is 22.9 Å². The number of hydrogen-bond donors (Lipinski definition) is 2. The third-order valence-electron chi connectivity index (χ3n) is 4.09. The molecule has 0 bridgehead atoms. The Bertz CT molecular complexity index is 406. The van der Waals surface area contributed by atoms with E-state index in [1.54, 1.807) is 11.3 Å². The lowest BCUT2D eigenvalue weighted by Gasteiger charge is -2.19. The van der Waals surface area contributed by atoms with Crippen LogP contribution in [0.4, 0.5) is 0 Å². The Morgan fingerprint density at radius 3 is 3.06 bits per heavy atom. The van der Waals surface area contributed by atoms with E-state index in [1.807, 2.05) is 0 Å². The zero-order chi connectivity index (χ0) is 11.8. The van der Waals surface area contributed by atoms with Crippen LogP contribution in [0.15, 0.2) is 6.07 Å². The van der Waals surface area contributed by atoms with Crippen LogP contribution in [-0.4, -0.2) is 17.8 Å². The average molecular weight is 272 g/mol. The highest BCUT2D eigenvalue weighted by Crippen LogP contribution is 2.39. The number of rotatable bonds is 3. The lowest BCUT2D eigenvalue weighted by Crippen LogP contribution is -2.30. The third kappa shape index (κ3) is 2.39. The van der Waals surface area contributed by atoms with Crippen molar-refractivity contribution in [3.8, 4) is 0 Å². The molecule has 2 N–H and O–H groups in total. The van der Waals surface area contributed by atoms with Crippen LogP contribution in [0, 0.1) is 5.92 Å². The first-order valence-electron chi connectivity index (χ1n) is 6.43. The van der Waals surface area contributed by atoms with Gasteiger partial charge in [0.1, 0.15) is 0 Å². The largest absolute Gasteiger partial charge is 0.393 e. The molecule has 2 nitrogen and oxygen atoms in total. The minimum absolute atomic E-state index is 0.0885.